The lowest BCUT2D eigenvalue weighted by Gasteiger charge is -2.28. The largest absolute Gasteiger partial charge is 0.490 e. The fourth-order valence-corrected chi connectivity index (χ4v) is 3.29. The van der Waals surface area contributed by atoms with Crippen molar-refractivity contribution in [1.29, 1.82) is 0 Å². The first-order valence-corrected chi connectivity index (χ1v) is 11.8. The summed E-state index contributed by atoms with van der Waals surface area (Å²) in [6.07, 6.45) is 0. The lowest BCUT2D eigenvalue weighted by Crippen LogP contribution is -2.47. The molecule has 3 aromatic rings. The monoisotopic (exact) mass is 539 g/mol. The van der Waals surface area contributed by atoms with Crippen molar-refractivity contribution < 1.29 is 39.2 Å². The van der Waals surface area contributed by atoms with Crippen LogP contribution < -0.4 is 30.2 Å². The number of amides is 3. The maximum atomic E-state index is 11.4. The van der Waals surface area contributed by atoms with Crippen LogP contribution in [0, 0.1) is 0 Å². The van der Waals surface area contributed by atoms with Gasteiger partial charge in [0.25, 0.3) is 0 Å². The summed E-state index contributed by atoms with van der Waals surface area (Å²) in [5.74, 6) is 0.901. The zero-order chi connectivity index (χ0) is 27.5. The molecular formula is C28H33N3O8. The Bertz CT molecular complexity index is 1080. The van der Waals surface area contributed by atoms with Crippen LogP contribution in [0.2, 0.25) is 0 Å². The van der Waals surface area contributed by atoms with Gasteiger partial charge in [-0.25, -0.2) is 0 Å². The van der Waals surface area contributed by atoms with Crippen molar-refractivity contribution in [3.63, 3.8) is 0 Å². The van der Waals surface area contributed by atoms with E-state index in [1.165, 1.54) is 20.8 Å². The topological polar surface area (TPSA) is 167 Å². The molecule has 0 heterocycles. The maximum Gasteiger partial charge on any atom is 0.221 e. The van der Waals surface area contributed by atoms with Gasteiger partial charge in [0.15, 0.2) is 5.60 Å². The first kappa shape index (κ1) is 30.6. The molecule has 39 heavy (non-hydrogen) atoms. The lowest BCUT2D eigenvalue weighted by molar-refractivity contribution is -0.115. The molecule has 11 nitrogen and oxygen atoms in total. The summed E-state index contributed by atoms with van der Waals surface area (Å²) in [6.45, 7) is 3.81. The van der Waals surface area contributed by atoms with Crippen molar-refractivity contribution in [2.75, 3.05) is 35.8 Å². The molecule has 3 aromatic carbocycles. The summed E-state index contributed by atoms with van der Waals surface area (Å²) in [4.78, 5) is 33.7. The Morgan fingerprint density at radius 1 is 0.564 bits per heavy atom. The minimum Gasteiger partial charge on any atom is -0.490 e. The van der Waals surface area contributed by atoms with Crippen LogP contribution in [0.25, 0.3) is 0 Å². The lowest BCUT2D eigenvalue weighted by atomic mass is 10.1. The number of carbonyl (C=O) groups excluding carboxylic acids is 3. The minimum atomic E-state index is -1.55. The Hall–Kier alpha value is -4.61. The van der Waals surface area contributed by atoms with E-state index < -0.39 is 5.60 Å². The van der Waals surface area contributed by atoms with Gasteiger partial charge in [0, 0.05) is 37.8 Å². The zero-order valence-electron chi connectivity index (χ0n) is 21.9. The summed E-state index contributed by atoms with van der Waals surface area (Å²) < 4.78 is 17.4. The predicted molar refractivity (Wildman–Crippen MR) is 147 cm³/mol. The number of hydrogen-bond acceptors (Lipinski definition) is 7. The standard InChI is InChI=1S/C28H31N3O7.H2O/c1-19(32)29-22-4-10-25(11-5-22)36-16-28(35,17-37-26-12-6-23(7-13-26)30-20(2)33)18-38-27-14-8-24(9-15-27)31-21(3)34;/h4-15,35H,16-18H2,1-3H3,(H,29,32)(H,30,33)(H,31,34);1H2. The number of aliphatic hydroxyl groups is 1. The van der Waals surface area contributed by atoms with E-state index in [1.54, 1.807) is 72.8 Å². The van der Waals surface area contributed by atoms with Crippen LogP contribution in [0.4, 0.5) is 17.1 Å². The number of benzene rings is 3. The van der Waals surface area contributed by atoms with Gasteiger partial charge in [-0.3, -0.25) is 14.4 Å². The predicted octanol–water partition coefficient (Wildman–Crippen LogP) is 3.01. The SMILES string of the molecule is CC(=O)Nc1ccc(OCC(O)(COc2ccc(NC(C)=O)cc2)COc2ccc(NC(C)=O)cc2)cc1.O. The average Bonchev–Trinajstić information content (AvgIpc) is 2.87. The van der Waals surface area contributed by atoms with Crippen LogP contribution >= 0.6 is 0 Å². The quantitative estimate of drug-likeness (QED) is 0.274. The van der Waals surface area contributed by atoms with Crippen LogP contribution in [-0.2, 0) is 14.4 Å². The van der Waals surface area contributed by atoms with E-state index in [0.717, 1.165) is 0 Å². The number of hydrogen-bond donors (Lipinski definition) is 4. The van der Waals surface area contributed by atoms with E-state index in [1.807, 2.05) is 0 Å². The molecule has 0 saturated carbocycles. The summed E-state index contributed by atoms with van der Waals surface area (Å²) >= 11 is 0. The van der Waals surface area contributed by atoms with Crippen molar-refractivity contribution in [2.24, 2.45) is 0 Å². The molecule has 0 bridgehead atoms. The Balaban J connectivity index is 0.00000533. The molecular weight excluding hydrogens is 506 g/mol. The number of carbonyl (C=O) groups is 3. The van der Waals surface area contributed by atoms with Crippen LogP contribution in [0.15, 0.2) is 72.8 Å². The molecule has 11 heteroatoms. The summed E-state index contributed by atoms with van der Waals surface area (Å²) in [6, 6.07) is 20.2. The van der Waals surface area contributed by atoms with Gasteiger partial charge in [0.05, 0.1) is 0 Å². The van der Waals surface area contributed by atoms with Gasteiger partial charge >= 0.3 is 0 Å². The van der Waals surface area contributed by atoms with E-state index in [4.69, 9.17) is 14.2 Å². The molecule has 0 aromatic heterocycles. The third-order valence-electron chi connectivity index (χ3n) is 5.05. The molecule has 0 fully saturated rings. The smallest absolute Gasteiger partial charge is 0.221 e. The fraction of sp³-hybridized carbons (Fsp3) is 0.250. The van der Waals surface area contributed by atoms with Crippen molar-refractivity contribution in [3.05, 3.63) is 72.8 Å². The Labute approximate surface area is 226 Å². The van der Waals surface area contributed by atoms with E-state index >= 15 is 0 Å². The highest BCUT2D eigenvalue weighted by molar-refractivity contribution is 5.89. The number of ether oxygens (including phenoxy) is 3. The molecule has 0 aliphatic heterocycles. The van der Waals surface area contributed by atoms with Crippen molar-refractivity contribution in [1.82, 2.24) is 0 Å². The zero-order valence-corrected chi connectivity index (χ0v) is 21.9. The number of rotatable bonds is 12. The normalized spacial score (nSPS) is 10.5. The summed E-state index contributed by atoms with van der Waals surface area (Å²) in [5.41, 5.74) is 0.315. The van der Waals surface area contributed by atoms with Crippen molar-refractivity contribution in [3.8, 4) is 17.2 Å². The van der Waals surface area contributed by atoms with E-state index in [2.05, 4.69) is 16.0 Å². The molecule has 3 rings (SSSR count). The summed E-state index contributed by atoms with van der Waals surface area (Å²) in [5, 5.41) is 19.4. The Morgan fingerprint density at radius 2 is 0.795 bits per heavy atom. The number of anilines is 3. The Kier molecular flexibility index (Phi) is 11.3. The third-order valence-corrected chi connectivity index (χ3v) is 5.05. The van der Waals surface area contributed by atoms with E-state index in [9.17, 15) is 19.5 Å². The summed E-state index contributed by atoms with van der Waals surface area (Å²) in [7, 11) is 0. The van der Waals surface area contributed by atoms with Crippen LogP contribution in [-0.4, -0.2) is 53.7 Å². The highest BCUT2D eigenvalue weighted by Gasteiger charge is 2.31. The van der Waals surface area contributed by atoms with Gasteiger partial charge in [-0.05, 0) is 72.8 Å². The van der Waals surface area contributed by atoms with Crippen molar-refractivity contribution in [2.45, 2.75) is 26.4 Å². The first-order valence-electron chi connectivity index (χ1n) is 11.8. The molecule has 3 amide bonds. The second-order valence-corrected chi connectivity index (χ2v) is 8.71. The second kappa shape index (κ2) is 14.4. The van der Waals surface area contributed by atoms with E-state index in [-0.39, 0.29) is 43.0 Å². The van der Waals surface area contributed by atoms with Crippen LogP contribution in [0.3, 0.4) is 0 Å². The number of nitrogens with one attached hydrogen (secondary N) is 3. The highest BCUT2D eigenvalue weighted by Crippen LogP contribution is 2.22. The molecule has 0 saturated heterocycles. The van der Waals surface area contributed by atoms with Crippen LogP contribution in [0.5, 0.6) is 17.2 Å². The van der Waals surface area contributed by atoms with Gasteiger partial charge < -0.3 is 40.7 Å². The van der Waals surface area contributed by atoms with E-state index in [0.29, 0.717) is 34.3 Å². The van der Waals surface area contributed by atoms with Gasteiger partial charge in [0.1, 0.15) is 37.1 Å². The van der Waals surface area contributed by atoms with Gasteiger partial charge in [-0.15, -0.1) is 0 Å². The molecule has 6 N–H and O–H groups in total. The molecule has 0 aliphatic rings. The van der Waals surface area contributed by atoms with Gasteiger partial charge in [0.2, 0.25) is 17.7 Å². The Morgan fingerprint density at radius 3 is 1.00 bits per heavy atom. The van der Waals surface area contributed by atoms with Crippen molar-refractivity contribution >= 4 is 34.8 Å². The van der Waals surface area contributed by atoms with Crippen LogP contribution in [0.1, 0.15) is 20.8 Å². The average molecular weight is 540 g/mol. The molecule has 0 spiro atoms. The fourth-order valence-electron chi connectivity index (χ4n) is 3.29. The van der Waals surface area contributed by atoms with Gasteiger partial charge in [-0.1, -0.05) is 0 Å². The minimum absolute atomic E-state index is 0. The maximum absolute atomic E-state index is 11.4. The molecule has 0 atom stereocenters. The molecule has 0 unspecified atom stereocenters. The first-order chi connectivity index (χ1) is 18.1. The molecule has 0 aliphatic carbocycles. The molecule has 0 radical (unpaired) electrons. The third kappa shape index (κ3) is 10.7. The second-order valence-electron chi connectivity index (χ2n) is 8.71. The highest BCUT2D eigenvalue weighted by atomic mass is 16.5. The van der Waals surface area contributed by atoms with Gasteiger partial charge in [-0.2, -0.15) is 0 Å². The molecule has 208 valence electrons.